The Morgan fingerprint density at radius 2 is 1.75 bits per heavy atom. The van der Waals surface area contributed by atoms with E-state index in [1.807, 2.05) is 17.8 Å². The lowest BCUT2D eigenvalue weighted by Crippen LogP contribution is -2.07. The quantitative estimate of drug-likeness (QED) is 0.605. The van der Waals surface area contributed by atoms with Crippen LogP contribution in [0, 0.1) is 5.92 Å². The summed E-state index contributed by atoms with van der Waals surface area (Å²) in [6, 6.07) is 2.00. The summed E-state index contributed by atoms with van der Waals surface area (Å²) in [6.45, 7) is 10.9. The minimum Gasteiger partial charge on any atom is -0.226 e. The number of hydrogen-bond acceptors (Lipinski definition) is 3. The first-order valence-electron chi connectivity index (χ1n) is 5.61. The molecule has 0 aromatic carbocycles. The molecule has 0 aliphatic rings. The molecule has 0 N–H and O–H groups in total. The van der Waals surface area contributed by atoms with Crippen molar-refractivity contribution in [2.24, 2.45) is 5.92 Å². The summed E-state index contributed by atoms with van der Waals surface area (Å²) in [7, 11) is 0. The van der Waals surface area contributed by atoms with Crippen LogP contribution in [0.15, 0.2) is 15.7 Å². The number of hydrogen-bond donors (Lipinski definition) is 0. The van der Waals surface area contributed by atoms with Crippen molar-refractivity contribution < 1.29 is 0 Å². The van der Waals surface area contributed by atoms with Crippen LogP contribution < -0.4 is 0 Å². The van der Waals surface area contributed by atoms with Gasteiger partial charge in [0.2, 0.25) is 0 Å². The second-order valence-corrected chi connectivity index (χ2v) is 6.82. The lowest BCUT2D eigenvalue weighted by atomic mass is 10.2. The number of halogens is 1. The fraction of sp³-hybridized carbons (Fsp3) is 0.667. The van der Waals surface area contributed by atoms with Crippen molar-refractivity contribution in [2.75, 3.05) is 0 Å². The second-order valence-electron chi connectivity index (χ2n) is 4.61. The highest BCUT2D eigenvalue weighted by atomic mass is 79.9. The Labute approximate surface area is 111 Å². The zero-order valence-corrected chi connectivity index (χ0v) is 12.9. The standard InChI is InChI=1S/C12H19BrN2S/c1-7(2)9(5)16-11-6-10(13)14-12(15-11)8(3)4/h6-9H,1-5H3. The van der Waals surface area contributed by atoms with Gasteiger partial charge in [-0.3, -0.25) is 0 Å². The van der Waals surface area contributed by atoms with Gasteiger partial charge in [0.25, 0.3) is 0 Å². The molecule has 0 amide bonds. The van der Waals surface area contributed by atoms with Crippen LogP contribution in [0.1, 0.15) is 46.4 Å². The Morgan fingerprint density at radius 1 is 1.12 bits per heavy atom. The predicted molar refractivity (Wildman–Crippen MR) is 74.0 cm³/mol. The van der Waals surface area contributed by atoms with E-state index in [1.54, 1.807) is 0 Å². The van der Waals surface area contributed by atoms with Crippen molar-refractivity contribution in [3.8, 4) is 0 Å². The highest BCUT2D eigenvalue weighted by Gasteiger charge is 2.12. The number of aromatic nitrogens is 2. The first-order chi connectivity index (χ1) is 7.40. The van der Waals surface area contributed by atoms with Gasteiger partial charge in [-0.25, -0.2) is 9.97 Å². The molecule has 1 aromatic heterocycles. The average molecular weight is 303 g/mol. The number of rotatable bonds is 4. The third-order valence-electron chi connectivity index (χ3n) is 2.45. The zero-order valence-electron chi connectivity index (χ0n) is 10.5. The van der Waals surface area contributed by atoms with Gasteiger partial charge in [0, 0.05) is 17.2 Å². The van der Waals surface area contributed by atoms with Crippen LogP contribution in [0.4, 0.5) is 0 Å². The molecule has 0 saturated heterocycles. The molecule has 0 fully saturated rings. The molecule has 0 aliphatic heterocycles. The van der Waals surface area contributed by atoms with E-state index >= 15 is 0 Å². The Balaban J connectivity index is 2.88. The summed E-state index contributed by atoms with van der Waals surface area (Å²) < 4.78 is 0.879. The minimum absolute atomic E-state index is 0.367. The lowest BCUT2D eigenvalue weighted by molar-refractivity contribution is 0.640. The van der Waals surface area contributed by atoms with Gasteiger partial charge in [-0.05, 0) is 21.8 Å². The van der Waals surface area contributed by atoms with Crippen LogP contribution in [0.2, 0.25) is 0 Å². The molecular weight excluding hydrogens is 284 g/mol. The van der Waals surface area contributed by atoms with E-state index in [0.29, 0.717) is 17.1 Å². The van der Waals surface area contributed by atoms with Crippen molar-refractivity contribution in [1.29, 1.82) is 0 Å². The van der Waals surface area contributed by atoms with Gasteiger partial charge in [0.15, 0.2) is 0 Å². The molecule has 0 aliphatic carbocycles. The number of thioether (sulfide) groups is 1. The average Bonchev–Trinajstić information content (AvgIpc) is 2.16. The molecule has 1 unspecified atom stereocenters. The van der Waals surface area contributed by atoms with Crippen molar-refractivity contribution >= 4 is 27.7 Å². The SMILES string of the molecule is CC(C)c1nc(Br)cc(SC(C)C(C)C)n1. The van der Waals surface area contributed by atoms with Crippen molar-refractivity contribution in [3.05, 3.63) is 16.5 Å². The maximum atomic E-state index is 4.58. The van der Waals surface area contributed by atoms with Gasteiger partial charge in [-0.1, -0.05) is 34.6 Å². The highest BCUT2D eigenvalue weighted by molar-refractivity contribution is 9.10. The van der Waals surface area contributed by atoms with Crippen LogP contribution in [0.3, 0.4) is 0 Å². The van der Waals surface area contributed by atoms with E-state index in [2.05, 4.69) is 60.5 Å². The molecular formula is C12H19BrN2S. The van der Waals surface area contributed by atoms with Gasteiger partial charge < -0.3 is 0 Å². The Morgan fingerprint density at radius 3 is 2.25 bits per heavy atom. The molecule has 0 saturated carbocycles. The molecule has 16 heavy (non-hydrogen) atoms. The molecule has 1 heterocycles. The second kappa shape index (κ2) is 6.01. The molecule has 2 nitrogen and oxygen atoms in total. The maximum absolute atomic E-state index is 4.58. The van der Waals surface area contributed by atoms with Gasteiger partial charge in [0.1, 0.15) is 15.5 Å². The third kappa shape index (κ3) is 4.06. The van der Waals surface area contributed by atoms with E-state index in [0.717, 1.165) is 15.5 Å². The molecule has 1 rings (SSSR count). The molecule has 1 atom stereocenters. The molecule has 90 valence electrons. The molecule has 0 radical (unpaired) electrons. The zero-order chi connectivity index (χ0) is 12.3. The van der Waals surface area contributed by atoms with Crippen LogP contribution in [-0.4, -0.2) is 15.2 Å². The Kier molecular flexibility index (Phi) is 5.25. The van der Waals surface area contributed by atoms with Gasteiger partial charge in [0.05, 0.1) is 0 Å². The van der Waals surface area contributed by atoms with Crippen LogP contribution in [0.25, 0.3) is 0 Å². The van der Waals surface area contributed by atoms with Gasteiger partial charge >= 0.3 is 0 Å². The van der Waals surface area contributed by atoms with E-state index in [1.165, 1.54) is 0 Å². The molecule has 0 spiro atoms. The van der Waals surface area contributed by atoms with Gasteiger partial charge in [-0.15, -0.1) is 11.8 Å². The summed E-state index contributed by atoms with van der Waals surface area (Å²) in [5.41, 5.74) is 0. The third-order valence-corrected chi connectivity index (χ3v) is 4.22. The molecule has 0 bridgehead atoms. The highest BCUT2D eigenvalue weighted by Crippen LogP contribution is 2.28. The fourth-order valence-corrected chi connectivity index (χ4v) is 2.59. The Hall–Kier alpha value is -0.0900. The Bertz CT molecular complexity index is 353. The monoisotopic (exact) mass is 302 g/mol. The smallest absolute Gasteiger partial charge is 0.133 e. The summed E-state index contributed by atoms with van der Waals surface area (Å²) in [5, 5.41) is 1.63. The van der Waals surface area contributed by atoms with Crippen molar-refractivity contribution in [1.82, 2.24) is 9.97 Å². The van der Waals surface area contributed by atoms with Crippen LogP contribution in [-0.2, 0) is 0 Å². The molecule has 4 heteroatoms. The predicted octanol–water partition coefficient (Wildman–Crippen LogP) is 4.50. The first-order valence-corrected chi connectivity index (χ1v) is 7.28. The van der Waals surface area contributed by atoms with Crippen molar-refractivity contribution in [2.45, 2.75) is 50.8 Å². The normalized spacial score (nSPS) is 13.5. The summed E-state index contributed by atoms with van der Waals surface area (Å²) in [4.78, 5) is 8.96. The van der Waals surface area contributed by atoms with Crippen LogP contribution in [0.5, 0.6) is 0 Å². The number of nitrogens with zero attached hydrogens (tertiary/aromatic N) is 2. The summed E-state index contributed by atoms with van der Waals surface area (Å²) >= 11 is 5.26. The largest absolute Gasteiger partial charge is 0.226 e. The van der Waals surface area contributed by atoms with Gasteiger partial charge in [-0.2, -0.15) is 0 Å². The fourth-order valence-electron chi connectivity index (χ4n) is 1.06. The summed E-state index contributed by atoms with van der Waals surface area (Å²) in [6.07, 6.45) is 0. The van der Waals surface area contributed by atoms with E-state index in [-0.39, 0.29) is 0 Å². The first kappa shape index (κ1) is 14.0. The van der Waals surface area contributed by atoms with E-state index in [4.69, 9.17) is 0 Å². The molecule has 1 aromatic rings. The lowest BCUT2D eigenvalue weighted by Gasteiger charge is -2.15. The topological polar surface area (TPSA) is 25.8 Å². The summed E-state index contributed by atoms with van der Waals surface area (Å²) in [5.74, 6) is 1.93. The van der Waals surface area contributed by atoms with Crippen molar-refractivity contribution in [3.63, 3.8) is 0 Å². The van der Waals surface area contributed by atoms with Crippen LogP contribution >= 0.6 is 27.7 Å². The minimum atomic E-state index is 0.367. The maximum Gasteiger partial charge on any atom is 0.133 e. The van der Waals surface area contributed by atoms with E-state index < -0.39 is 0 Å². The van der Waals surface area contributed by atoms with E-state index in [9.17, 15) is 0 Å².